The first-order valence-electron chi connectivity index (χ1n) is 10.7. The molecule has 0 aliphatic heterocycles. The molecule has 0 saturated carbocycles. The van der Waals surface area contributed by atoms with Crippen LogP contribution in [-0.4, -0.2) is 21.4 Å². The Morgan fingerprint density at radius 2 is 1.68 bits per heavy atom. The Bertz CT molecular complexity index is 1430. The van der Waals surface area contributed by atoms with Gasteiger partial charge in [0.05, 0.1) is 17.6 Å². The smallest absolute Gasteiger partial charge is 0.294 e. The lowest BCUT2D eigenvalue weighted by Crippen LogP contribution is -2.38. The molecule has 0 unspecified atom stereocenters. The molecule has 0 fully saturated rings. The molecule has 0 aliphatic rings. The minimum atomic E-state index is -0.542. The lowest BCUT2D eigenvalue weighted by atomic mass is 10.2. The first kappa shape index (κ1) is 23.2. The van der Waals surface area contributed by atoms with E-state index in [-0.39, 0.29) is 30.7 Å². The zero-order chi connectivity index (χ0) is 24.2. The summed E-state index contributed by atoms with van der Waals surface area (Å²) in [5, 5.41) is 3.29. The molecule has 4 rings (SSSR count). The fourth-order valence-electron chi connectivity index (χ4n) is 3.63. The van der Waals surface area contributed by atoms with Crippen molar-refractivity contribution < 1.29 is 9.59 Å². The maximum Gasteiger partial charge on any atom is 0.294 e. The number of aromatic nitrogens is 2. The molecule has 8 heteroatoms. The number of aryl methyl sites for hydroxylation is 1. The number of rotatable bonds is 6. The van der Waals surface area contributed by atoms with Crippen LogP contribution in [0.15, 0.2) is 77.6 Å². The molecule has 0 bridgehead atoms. The van der Waals surface area contributed by atoms with Gasteiger partial charge in [-0.05, 0) is 42.8 Å². The van der Waals surface area contributed by atoms with Gasteiger partial charge >= 0.3 is 0 Å². The van der Waals surface area contributed by atoms with Gasteiger partial charge in [-0.3, -0.25) is 23.9 Å². The Morgan fingerprint density at radius 1 is 1.00 bits per heavy atom. The first-order chi connectivity index (χ1) is 16.3. The first-order valence-corrected chi connectivity index (χ1v) is 11.1. The summed E-state index contributed by atoms with van der Waals surface area (Å²) in [6.45, 7) is 3.16. The third-order valence-electron chi connectivity index (χ3n) is 5.39. The second kappa shape index (κ2) is 9.89. The summed E-state index contributed by atoms with van der Waals surface area (Å²) in [4.78, 5) is 44.7. The molecule has 0 aliphatic carbocycles. The lowest BCUT2D eigenvalue weighted by molar-refractivity contribution is -0.117. The van der Waals surface area contributed by atoms with Crippen molar-refractivity contribution in [2.24, 2.45) is 0 Å². The van der Waals surface area contributed by atoms with Crippen molar-refractivity contribution >= 4 is 46.0 Å². The SMILES string of the molecule is CC(=O)N(Cc1ccccc1Cl)c1nc2ccccc2n(CC(=O)Nc2ccc(C)cc2)c1=O. The van der Waals surface area contributed by atoms with Gasteiger partial charge < -0.3 is 5.32 Å². The number of halogens is 1. The molecule has 1 heterocycles. The van der Waals surface area contributed by atoms with Gasteiger partial charge in [0.1, 0.15) is 6.54 Å². The number of hydrogen-bond donors (Lipinski definition) is 1. The minimum Gasteiger partial charge on any atom is -0.325 e. The molecule has 1 N–H and O–H groups in total. The van der Waals surface area contributed by atoms with E-state index >= 15 is 0 Å². The summed E-state index contributed by atoms with van der Waals surface area (Å²) in [7, 11) is 0. The van der Waals surface area contributed by atoms with Gasteiger partial charge in [0.25, 0.3) is 5.56 Å². The Kier molecular flexibility index (Phi) is 6.75. The molecular formula is C26H23ClN4O3. The fourth-order valence-corrected chi connectivity index (χ4v) is 3.82. The van der Waals surface area contributed by atoms with E-state index < -0.39 is 5.56 Å². The number of benzene rings is 3. The highest BCUT2D eigenvalue weighted by Gasteiger charge is 2.22. The van der Waals surface area contributed by atoms with E-state index in [0.717, 1.165) is 5.56 Å². The summed E-state index contributed by atoms with van der Waals surface area (Å²) >= 11 is 6.29. The highest BCUT2D eigenvalue weighted by atomic mass is 35.5. The number of para-hydroxylation sites is 2. The van der Waals surface area contributed by atoms with Gasteiger partial charge in [0, 0.05) is 17.6 Å². The number of carbonyl (C=O) groups excluding carboxylic acids is 2. The predicted octanol–water partition coefficient (Wildman–Crippen LogP) is 4.55. The van der Waals surface area contributed by atoms with Gasteiger partial charge in [-0.1, -0.05) is 59.6 Å². The third kappa shape index (κ3) is 5.00. The highest BCUT2D eigenvalue weighted by Crippen LogP contribution is 2.21. The largest absolute Gasteiger partial charge is 0.325 e. The predicted molar refractivity (Wildman–Crippen MR) is 134 cm³/mol. The summed E-state index contributed by atoms with van der Waals surface area (Å²) in [5.74, 6) is -0.793. The van der Waals surface area contributed by atoms with Crippen LogP contribution in [0.1, 0.15) is 18.1 Å². The van der Waals surface area contributed by atoms with Gasteiger partial charge in [0.15, 0.2) is 0 Å². The number of amides is 2. The Labute approximate surface area is 201 Å². The average molecular weight is 475 g/mol. The average Bonchev–Trinajstić information content (AvgIpc) is 2.82. The third-order valence-corrected chi connectivity index (χ3v) is 5.76. The normalized spacial score (nSPS) is 10.8. The van der Waals surface area contributed by atoms with Crippen molar-refractivity contribution in [1.29, 1.82) is 0 Å². The number of hydrogen-bond acceptors (Lipinski definition) is 4. The van der Waals surface area contributed by atoms with Crippen LogP contribution in [-0.2, 0) is 22.7 Å². The zero-order valence-corrected chi connectivity index (χ0v) is 19.5. The number of carbonyl (C=O) groups is 2. The fraction of sp³-hybridized carbons (Fsp3) is 0.154. The molecule has 7 nitrogen and oxygen atoms in total. The molecule has 1 aromatic heterocycles. The Morgan fingerprint density at radius 3 is 2.38 bits per heavy atom. The second-order valence-corrected chi connectivity index (χ2v) is 8.33. The van der Waals surface area contributed by atoms with E-state index in [4.69, 9.17) is 11.6 Å². The van der Waals surface area contributed by atoms with Crippen LogP contribution in [0.4, 0.5) is 11.5 Å². The molecule has 172 valence electrons. The van der Waals surface area contributed by atoms with Gasteiger partial charge in [-0.15, -0.1) is 0 Å². The van der Waals surface area contributed by atoms with Crippen molar-refractivity contribution in [1.82, 2.24) is 9.55 Å². The number of anilines is 2. The van der Waals surface area contributed by atoms with Crippen molar-refractivity contribution in [3.8, 4) is 0 Å². The maximum absolute atomic E-state index is 13.5. The standard InChI is InChI=1S/C26H23ClN4O3/c1-17-11-13-20(14-12-17)28-24(33)16-31-23-10-6-5-9-22(23)29-25(26(31)34)30(18(2)32)15-19-7-3-4-8-21(19)27/h3-14H,15-16H2,1-2H3,(H,28,33). The van der Waals surface area contributed by atoms with Gasteiger partial charge in [0.2, 0.25) is 17.6 Å². The van der Waals surface area contributed by atoms with Crippen LogP contribution >= 0.6 is 11.6 Å². The van der Waals surface area contributed by atoms with Crippen molar-refractivity contribution in [2.75, 3.05) is 10.2 Å². The Balaban J connectivity index is 1.75. The van der Waals surface area contributed by atoms with E-state index in [9.17, 15) is 14.4 Å². The van der Waals surface area contributed by atoms with E-state index in [1.807, 2.05) is 19.1 Å². The molecule has 0 saturated heterocycles. The van der Waals surface area contributed by atoms with Crippen LogP contribution in [0, 0.1) is 6.92 Å². The number of nitrogens with zero attached hydrogens (tertiary/aromatic N) is 3. The molecule has 3 aromatic carbocycles. The van der Waals surface area contributed by atoms with Crippen molar-refractivity contribution in [2.45, 2.75) is 26.9 Å². The van der Waals surface area contributed by atoms with E-state index in [0.29, 0.717) is 27.3 Å². The summed E-state index contributed by atoms with van der Waals surface area (Å²) in [6, 6.07) is 21.5. The monoisotopic (exact) mass is 474 g/mol. The van der Waals surface area contributed by atoms with Crippen LogP contribution < -0.4 is 15.8 Å². The lowest BCUT2D eigenvalue weighted by Gasteiger charge is -2.22. The summed E-state index contributed by atoms with van der Waals surface area (Å²) < 4.78 is 1.34. The van der Waals surface area contributed by atoms with Crippen LogP contribution in [0.3, 0.4) is 0 Å². The molecule has 0 radical (unpaired) electrons. The highest BCUT2D eigenvalue weighted by molar-refractivity contribution is 6.31. The molecule has 2 amide bonds. The maximum atomic E-state index is 13.5. The topological polar surface area (TPSA) is 84.3 Å². The zero-order valence-electron chi connectivity index (χ0n) is 18.8. The van der Waals surface area contributed by atoms with Gasteiger partial charge in [-0.2, -0.15) is 0 Å². The molecule has 0 atom stereocenters. The second-order valence-electron chi connectivity index (χ2n) is 7.93. The summed E-state index contributed by atoms with van der Waals surface area (Å²) in [6.07, 6.45) is 0. The van der Waals surface area contributed by atoms with Crippen molar-refractivity contribution in [3.05, 3.63) is 99.3 Å². The minimum absolute atomic E-state index is 0.0609. The molecule has 34 heavy (non-hydrogen) atoms. The van der Waals surface area contributed by atoms with Crippen LogP contribution in [0.2, 0.25) is 5.02 Å². The van der Waals surface area contributed by atoms with Gasteiger partial charge in [-0.25, -0.2) is 4.98 Å². The summed E-state index contributed by atoms with van der Waals surface area (Å²) in [5.41, 5.74) is 2.83. The molecule has 4 aromatic rings. The van der Waals surface area contributed by atoms with Crippen LogP contribution in [0.25, 0.3) is 11.0 Å². The quantitative estimate of drug-likeness (QED) is 0.444. The van der Waals surface area contributed by atoms with Crippen LogP contribution in [0.5, 0.6) is 0 Å². The Hall–Kier alpha value is -3.97. The van der Waals surface area contributed by atoms with E-state index in [1.54, 1.807) is 60.7 Å². The molecule has 0 spiro atoms. The number of nitrogens with one attached hydrogen (secondary N) is 1. The number of fused-ring (bicyclic) bond motifs is 1. The van der Waals surface area contributed by atoms with Crippen molar-refractivity contribution in [3.63, 3.8) is 0 Å². The van der Waals surface area contributed by atoms with E-state index in [1.165, 1.54) is 16.4 Å². The van der Waals surface area contributed by atoms with E-state index in [2.05, 4.69) is 10.3 Å². The molecular weight excluding hydrogens is 452 g/mol.